The lowest BCUT2D eigenvalue weighted by atomic mass is 10.0. The van der Waals surface area contributed by atoms with Crippen LogP contribution in [0.1, 0.15) is 15.9 Å². The Labute approximate surface area is 183 Å². The van der Waals surface area contributed by atoms with Crippen LogP contribution in [-0.4, -0.2) is 15.7 Å². The lowest BCUT2D eigenvalue weighted by Gasteiger charge is -2.13. The van der Waals surface area contributed by atoms with E-state index in [0.717, 1.165) is 11.3 Å². The number of benzene rings is 3. The van der Waals surface area contributed by atoms with Gasteiger partial charge in [0.25, 0.3) is 5.91 Å². The van der Waals surface area contributed by atoms with Crippen molar-refractivity contribution in [2.45, 2.75) is 6.92 Å². The SMILES string of the molecule is Cc1c(-c2ccccc2)oc2c(C(=O)Nc3ccccc3-n3cccn3)cccc2c1=O. The van der Waals surface area contributed by atoms with E-state index < -0.39 is 0 Å². The lowest BCUT2D eigenvalue weighted by molar-refractivity contribution is 0.102. The van der Waals surface area contributed by atoms with Crippen molar-refractivity contribution < 1.29 is 9.21 Å². The van der Waals surface area contributed by atoms with Gasteiger partial charge in [-0.05, 0) is 37.3 Å². The van der Waals surface area contributed by atoms with Gasteiger partial charge in [-0.3, -0.25) is 9.59 Å². The van der Waals surface area contributed by atoms with Crippen molar-refractivity contribution in [1.82, 2.24) is 9.78 Å². The fourth-order valence-corrected chi connectivity index (χ4v) is 3.73. The molecule has 6 nitrogen and oxygen atoms in total. The minimum Gasteiger partial charge on any atom is -0.455 e. The number of rotatable bonds is 4. The number of amides is 1. The van der Waals surface area contributed by atoms with Crippen molar-refractivity contribution in [3.8, 4) is 17.0 Å². The van der Waals surface area contributed by atoms with Gasteiger partial charge in [-0.2, -0.15) is 5.10 Å². The summed E-state index contributed by atoms with van der Waals surface area (Å²) in [5.74, 6) is 0.0847. The molecule has 0 aliphatic rings. The number of anilines is 1. The highest BCUT2D eigenvalue weighted by Crippen LogP contribution is 2.28. The Hall–Kier alpha value is -4.45. The third kappa shape index (κ3) is 3.37. The minimum absolute atomic E-state index is 0.156. The average molecular weight is 421 g/mol. The van der Waals surface area contributed by atoms with E-state index in [2.05, 4.69) is 10.4 Å². The van der Waals surface area contributed by atoms with Crippen molar-refractivity contribution in [3.63, 3.8) is 0 Å². The smallest absolute Gasteiger partial charge is 0.259 e. The molecule has 156 valence electrons. The molecular formula is C26H19N3O3. The zero-order valence-electron chi connectivity index (χ0n) is 17.3. The van der Waals surface area contributed by atoms with Gasteiger partial charge in [0.1, 0.15) is 5.76 Å². The fraction of sp³-hybridized carbons (Fsp3) is 0.0385. The molecule has 0 spiro atoms. The van der Waals surface area contributed by atoms with Crippen LogP contribution in [-0.2, 0) is 0 Å². The van der Waals surface area contributed by atoms with E-state index in [1.807, 2.05) is 54.6 Å². The van der Waals surface area contributed by atoms with Gasteiger partial charge in [0, 0.05) is 23.5 Å². The number of carbonyl (C=O) groups is 1. The number of fused-ring (bicyclic) bond motifs is 1. The zero-order valence-corrected chi connectivity index (χ0v) is 17.3. The summed E-state index contributed by atoms with van der Waals surface area (Å²) in [5, 5.41) is 7.56. The number of nitrogens with one attached hydrogen (secondary N) is 1. The maximum atomic E-state index is 13.3. The summed E-state index contributed by atoms with van der Waals surface area (Å²) in [5.41, 5.74) is 3.00. The Bertz CT molecular complexity index is 1490. The van der Waals surface area contributed by atoms with Crippen LogP contribution < -0.4 is 10.7 Å². The summed E-state index contributed by atoms with van der Waals surface area (Å²) in [7, 11) is 0. The van der Waals surface area contributed by atoms with Crippen LogP contribution in [0.4, 0.5) is 5.69 Å². The maximum absolute atomic E-state index is 13.3. The van der Waals surface area contributed by atoms with Crippen LogP contribution in [0.25, 0.3) is 28.0 Å². The van der Waals surface area contributed by atoms with Crippen LogP contribution in [0, 0.1) is 6.92 Å². The minimum atomic E-state index is -0.374. The molecule has 5 rings (SSSR count). The highest BCUT2D eigenvalue weighted by molar-refractivity contribution is 6.12. The summed E-state index contributed by atoms with van der Waals surface area (Å²) in [4.78, 5) is 26.4. The number of hydrogen-bond donors (Lipinski definition) is 1. The van der Waals surface area contributed by atoms with Gasteiger partial charge in [0.2, 0.25) is 0 Å². The summed E-state index contributed by atoms with van der Waals surface area (Å²) in [6, 6.07) is 23.6. The second-order valence-corrected chi connectivity index (χ2v) is 7.36. The molecule has 0 radical (unpaired) electrons. The average Bonchev–Trinajstić information content (AvgIpc) is 3.37. The predicted octanol–water partition coefficient (Wildman–Crippen LogP) is 5.21. The Balaban J connectivity index is 1.62. The van der Waals surface area contributed by atoms with Crippen molar-refractivity contribution >= 4 is 22.6 Å². The van der Waals surface area contributed by atoms with Gasteiger partial charge in [-0.1, -0.05) is 48.5 Å². The molecular weight excluding hydrogens is 402 g/mol. The molecule has 0 saturated heterocycles. The second kappa shape index (κ2) is 8.00. The number of para-hydroxylation sites is 3. The summed E-state index contributed by atoms with van der Waals surface area (Å²) < 4.78 is 7.85. The molecule has 0 unspecified atom stereocenters. The summed E-state index contributed by atoms with van der Waals surface area (Å²) in [6.07, 6.45) is 3.47. The number of carbonyl (C=O) groups excluding carboxylic acids is 1. The largest absolute Gasteiger partial charge is 0.455 e. The number of aromatic nitrogens is 2. The van der Waals surface area contributed by atoms with Gasteiger partial charge in [-0.25, -0.2) is 4.68 Å². The molecule has 0 aliphatic heterocycles. The highest BCUT2D eigenvalue weighted by Gasteiger charge is 2.19. The molecule has 2 aromatic heterocycles. The monoisotopic (exact) mass is 421 g/mol. The van der Waals surface area contributed by atoms with E-state index in [0.29, 0.717) is 22.4 Å². The Morgan fingerprint density at radius 3 is 2.50 bits per heavy atom. The zero-order chi connectivity index (χ0) is 22.1. The Kier molecular flexibility index (Phi) is 4.88. The van der Waals surface area contributed by atoms with Gasteiger partial charge in [0.05, 0.1) is 22.3 Å². The van der Waals surface area contributed by atoms with Crippen molar-refractivity contribution in [2.75, 3.05) is 5.32 Å². The first-order chi connectivity index (χ1) is 15.6. The second-order valence-electron chi connectivity index (χ2n) is 7.36. The van der Waals surface area contributed by atoms with Gasteiger partial charge in [-0.15, -0.1) is 0 Å². The molecule has 0 fully saturated rings. The molecule has 0 bridgehead atoms. The molecule has 3 aromatic carbocycles. The van der Waals surface area contributed by atoms with E-state index in [1.54, 1.807) is 48.3 Å². The van der Waals surface area contributed by atoms with Crippen LogP contribution >= 0.6 is 0 Å². The van der Waals surface area contributed by atoms with Crippen LogP contribution in [0.5, 0.6) is 0 Å². The van der Waals surface area contributed by atoms with Crippen molar-refractivity contribution in [1.29, 1.82) is 0 Å². The van der Waals surface area contributed by atoms with Gasteiger partial charge in [0.15, 0.2) is 11.0 Å². The van der Waals surface area contributed by atoms with Gasteiger partial charge < -0.3 is 9.73 Å². The van der Waals surface area contributed by atoms with Crippen molar-refractivity contribution in [2.24, 2.45) is 0 Å². The molecule has 1 N–H and O–H groups in total. The van der Waals surface area contributed by atoms with Crippen LogP contribution in [0.15, 0.2) is 100 Å². The predicted molar refractivity (Wildman–Crippen MR) is 124 cm³/mol. The third-order valence-corrected chi connectivity index (χ3v) is 5.33. The van der Waals surface area contributed by atoms with E-state index in [9.17, 15) is 9.59 Å². The summed E-state index contributed by atoms with van der Waals surface area (Å²) in [6.45, 7) is 1.74. The molecule has 32 heavy (non-hydrogen) atoms. The molecule has 0 aliphatic carbocycles. The molecule has 6 heteroatoms. The Morgan fingerprint density at radius 1 is 0.938 bits per heavy atom. The first-order valence-electron chi connectivity index (χ1n) is 10.2. The van der Waals surface area contributed by atoms with Gasteiger partial charge >= 0.3 is 0 Å². The molecule has 1 amide bonds. The molecule has 5 aromatic rings. The molecule has 0 atom stereocenters. The fourth-order valence-electron chi connectivity index (χ4n) is 3.73. The van der Waals surface area contributed by atoms with E-state index >= 15 is 0 Å². The maximum Gasteiger partial charge on any atom is 0.259 e. The van der Waals surface area contributed by atoms with E-state index in [4.69, 9.17) is 4.42 Å². The standard InChI is InChI=1S/C26H19N3O3/c1-17-23(30)19-11-7-12-20(25(19)32-24(17)18-9-3-2-4-10-18)26(31)28-21-13-5-6-14-22(21)29-16-8-15-27-29/h2-16H,1H3,(H,28,31). The topological polar surface area (TPSA) is 77.1 Å². The summed E-state index contributed by atoms with van der Waals surface area (Å²) >= 11 is 0. The normalized spacial score (nSPS) is 10.9. The van der Waals surface area contributed by atoms with Crippen molar-refractivity contribution in [3.05, 3.63) is 113 Å². The molecule has 0 saturated carbocycles. The lowest BCUT2D eigenvalue weighted by Crippen LogP contribution is -2.16. The van der Waals surface area contributed by atoms with E-state index in [1.165, 1.54) is 0 Å². The third-order valence-electron chi connectivity index (χ3n) is 5.33. The number of hydrogen-bond acceptors (Lipinski definition) is 4. The molecule has 2 heterocycles. The first-order valence-corrected chi connectivity index (χ1v) is 10.2. The number of nitrogens with zero attached hydrogens (tertiary/aromatic N) is 2. The highest BCUT2D eigenvalue weighted by atomic mass is 16.3. The first kappa shape index (κ1) is 19.5. The quantitative estimate of drug-likeness (QED) is 0.432. The van der Waals surface area contributed by atoms with Crippen LogP contribution in [0.2, 0.25) is 0 Å². The van der Waals surface area contributed by atoms with E-state index in [-0.39, 0.29) is 22.5 Å². The van der Waals surface area contributed by atoms with Crippen LogP contribution in [0.3, 0.4) is 0 Å². The Morgan fingerprint density at radius 2 is 1.72 bits per heavy atom.